The summed E-state index contributed by atoms with van der Waals surface area (Å²) in [7, 11) is 3.73. The van der Waals surface area contributed by atoms with Gasteiger partial charge in [-0.15, -0.1) is 11.8 Å². The molecule has 2 aromatic carbocycles. The molecule has 1 heterocycles. The molecule has 3 rings (SSSR count). The van der Waals surface area contributed by atoms with Gasteiger partial charge in [-0.3, -0.25) is 4.79 Å². The van der Waals surface area contributed by atoms with Crippen LogP contribution in [0.15, 0.2) is 46.4 Å². The molecule has 0 aromatic heterocycles. The van der Waals surface area contributed by atoms with Crippen molar-refractivity contribution in [3.05, 3.63) is 52.5 Å². The van der Waals surface area contributed by atoms with Crippen molar-refractivity contribution in [1.29, 1.82) is 0 Å². The Kier molecular flexibility index (Phi) is 6.98. The third-order valence-corrected chi connectivity index (χ3v) is 6.91. The van der Waals surface area contributed by atoms with E-state index in [0.717, 1.165) is 28.3 Å². The Bertz CT molecular complexity index is 944. The number of carbonyl (C=O) groups is 1. The number of ether oxygens (including phenoxy) is 1. The van der Waals surface area contributed by atoms with Gasteiger partial charge < -0.3 is 9.64 Å². The van der Waals surface area contributed by atoms with Gasteiger partial charge >= 0.3 is 0 Å². The third kappa shape index (κ3) is 5.10. The number of hydrazone groups is 1. The number of methoxy groups -OCH3 is 1. The number of fused-ring (bicyclic) bond motifs is 1. The molecule has 0 saturated carbocycles. The minimum atomic E-state index is -0.170. The van der Waals surface area contributed by atoms with E-state index in [1.54, 1.807) is 13.3 Å². The lowest BCUT2D eigenvalue weighted by atomic mass is 9.80. The first-order chi connectivity index (χ1) is 14.2. The molecular formula is C23H28ClN3O2S. The van der Waals surface area contributed by atoms with E-state index in [4.69, 9.17) is 16.3 Å². The molecule has 1 atom stereocenters. The number of rotatable bonds is 6. The number of thioether (sulfide) groups is 1. The first-order valence-corrected chi connectivity index (χ1v) is 11.2. The van der Waals surface area contributed by atoms with Crippen molar-refractivity contribution in [1.82, 2.24) is 5.43 Å². The van der Waals surface area contributed by atoms with E-state index >= 15 is 0 Å². The summed E-state index contributed by atoms with van der Waals surface area (Å²) in [6, 6.07) is 11.7. The molecular weight excluding hydrogens is 418 g/mol. The van der Waals surface area contributed by atoms with Crippen molar-refractivity contribution < 1.29 is 9.53 Å². The number of amides is 1. The average molecular weight is 446 g/mol. The second kappa shape index (κ2) is 9.31. The van der Waals surface area contributed by atoms with Gasteiger partial charge in [0.15, 0.2) is 0 Å². The molecule has 0 spiro atoms. The van der Waals surface area contributed by atoms with Crippen LogP contribution in [0.3, 0.4) is 0 Å². The van der Waals surface area contributed by atoms with Gasteiger partial charge in [0, 0.05) is 28.7 Å². The molecule has 0 bridgehead atoms. The molecule has 5 nitrogen and oxygen atoms in total. The maximum absolute atomic E-state index is 12.1. The van der Waals surface area contributed by atoms with Gasteiger partial charge in [0.05, 0.1) is 24.1 Å². The maximum Gasteiger partial charge on any atom is 0.250 e. The molecule has 0 aliphatic carbocycles. The highest BCUT2D eigenvalue weighted by atomic mass is 35.5. The Labute approximate surface area is 187 Å². The van der Waals surface area contributed by atoms with Crippen molar-refractivity contribution >= 4 is 41.2 Å². The fourth-order valence-electron chi connectivity index (χ4n) is 3.73. The number of hydrogen-bond donors (Lipinski definition) is 1. The van der Waals surface area contributed by atoms with E-state index < -0.39 is 0 Å². The molecule has 30 heavy (non-hydrogen) atoms. The first kappa shape index (κ1) is 22.5. The van der Waals surface area contributed by atoms with E-state index in [9.17, 15) is 4.79 Å². The topological polar surface area (TPSA) is 53.9 Å². The normalized spacial score (nSPS) is 17.7. The Morgan fingerprint density at radius 3 is 2.73 bits per heavy atom. The number of benzene rings is 2. The van der Waals surface area contributed by atoms with Gasteiger partial charge in [-0.1, -0.05) is 18.5 Å². The van der Waals surface area contributed by atoms with E-state index in [1.165, 1.54) is 17.3 Å². The standard InChI is InChI=1S/C23H28ClN3O2S/c1-15-12-23(2,3)27(4)21-11-20(24)16(10-19(15)21)13-25-26-22(28)14-30-18-8-6-17(29-5)7-9-18/h6-11,13,15H,12,14H2,1-5H3,(H,26,28)/b25-13+. The highest BCUT2D eigenvalue weighted by Crippen LogP contribution is 2.44. The van der Waals surface area contributed by atoms with Crippen LogP contribution >= 0.6 is 23.4 Å². The SMILES string of the molecule is COc1ccc(SCC(=O)N/N=C/c2cc3c(cc2Cl)N(C)C(C)(C)CC3C)cc1. The summed E-state index contributed by atoms with van der Waals surface area (Å²) in [6.07, 6.45) is 2.68. The molecule has 0 radical (unpaired) electrons. The van der Waals surface area contributed by atoms with Gasteiger partial charge in [-0.05, 0) is 68.1 Å². The lowest BCUT2D eigenvalue weighted by Gasteiger charge is -2.45. The quantitative estimate of drug-likeness (QED) is 0.371. The fourth-order valence-corrected chi connectivity index (χ4v) is 4.63. The smallest absolute Gasteiger partial charge is 0.250 e. The van der Waals surface area contributed by atoms with Crippen molar-refractivity contribution in [2.24, 2.45) is 5.10 Å². The zero-order valence-electron chi connectivity index (χ0n) is 18.0. The molecule has 1 aliphatic heterocycles. The Morgan fingerprint density at radius 2 is 2.07 bits per heavy atom. The van der Waals surface area contributed by atoms with Crippen LogP contribution in [-0.2, 0) is 4.79 Å². The van der Waals surface area contributed by atoms with Crippen LogP contribution in [0.5, 0.6) is 5.75 Å². The number of nitrogens with zero attached hydrogens (tertiary/aromatic N) is 2. The van der Waals surface area contributed by atoms with Crippen LogP contribution in [0.1, 0.15) is 44.2 Å². The van der Waals surface area contributed by atoms with Crippen LogP contribution in [0.25, 0.3) is 0 Å². The number of halogens is 1. The molecule has 1 unspecified atom stereocenters. The molecule has 1 N–H and O–H groups in total. The van der Waals surface area contributed by atoms with Crippen LogP contribution in [0.4, 0.5) is 5.69 Å². The lowest BCUT2D eigenvalue weighted by molar-refractivity contribution is -0.118. The first-order valence-electron chi connectivity index (χ1n) is 9.87. The lowest BCUT2D eigenvalue weighted by Crippen LogP contribution is -2.45. The fraction of sp³-hybridized carbons (Fsp3) is 0.391. The summed E-state index contributed by atoms with van der Waals surface area (Å²) in [5.74, 6) is 1.32. The molecule has 160 valence electrons. The summed E-state index contributed by atoms with van der Waals surface area (Å²) in [6.45, 7) is 6.73. The number of nitrogens with one attached hydrogen (secondary N) is 1. The summed E-state index contributed by atoms with van der Waals surface area (Å²) >= 11 is 7.95. The zero-order chi connectivity index (χ0) is 21.9. The molecule has 0 fully saturated rings. The van der Waals surface area contributed by atoms with E-state index in [-0.39, 0.29) is 17.2 Å². The van der Waals surface area contributed by atoms with Gasteiger partial charge in [0.1, 0.15) is 5.75 Å². The van der Waals surface area contributed by atoms with Crippen molar-refractivity contribution in [3.8, 4) is 5.75 Å². The summed E-state index contributed by atoms with van der Waals surface area (Å²) < 4.78 is 5.14. The van der Waals surface area contributed by atoms with Crippen LogP contribution in [0, 0.1) is 0 Å². The summed E-state index contributed by atoms with van der Waals surface area (Å²) in [4.78, 5) is 15.4. The second-order valence-corrected chi connectivity index (χ2v) is 9.62. The van der Waals surface area contributed by atoms with Crippen LogP contribution in [0.2, 0.25) is 5.02 Å². The molecule has 1 aliphatic rings. The highest BCUT2D eigenvalue weighted by molar-refractivity contribution is 8.00. The highest BCUT2D eigenvalue weighted by Gasteiger charge is 2.34. The summed E-state index contributed by atoms with van der Waals surface area (Å²) in [5.41, 5.74) is 5.88. The predicted molar refractivity (Wildman–Crippen MR) is 126 cm³/mol. The molecule has 2 aromatic rings. The van der Waals surface area contributed by atoms with Crippen molar-refractivity contribution in [3.63, 3.8) is 0 Å². The summed E-state index contributed by atoms with van der Waals surface area (Å²) in [5, 5.41) is 4.73. The molecule has 1 amide bonds. The van der Waals surface area contributed by atoms with Gasteiger partial charge in [0.2, 0.25) is 5.91 Å². The van der Waals surface area contributed by atoms with Gasteiger partial charge in [-0.2, -0.15) is 5.10 Å². The number of carbonyl (C=O) groups excluding carboxylic acids is 1. The minimum absolute atomic E-state index is 0.0842. The Balaban J connectivity index is 1.62. The van der Waals surface area contributed by atoms with Gasteiger partial charge in [-0.25, -0.2) is 5.43 Å². The van der Waals surface area contributed by atoms with E-state index in [1.807, 2.05) is 30.3 Å². The van der Waals surface area contributed by atoms with Crippen molar-refractivity contribution in [2.45, 2.75) is 43.5 Å². The predicted octanol–water partition coefficient (Wildman–Crippen LogP) is 5.31. The van der Waals surface area contributed by atoms with Gasteiger partial charge in [0.25, 0.3) is 0 Å². The zero-order valence-corrected chi connectivity index (χ0v) is 19.6. The molecule has 7 heteroatoms. The van der Waals surface area contributed by atoms with E-state index in [2.05, 4.69) is 49.3 Å². The number of anilines is 1. The minimum Gasteiger partial charge on any atom is -0.497 e. The largest absolute Gasteiger partial charge is 0.497 e. The number of hydrogen-bond acceptors (Lipinski definition) is 5. The molecule has 0 saturated heterocycles. The average Bonchev–Trinajstić information content (AvgIpc) is 2.71. The maximum atomic E-state index is 12.1. The Morgan fingerprint density at radius 1 is 1.37 bits per heavy atom. The van der Waals surface area contributed by atoms with E-state index in [0.29, 0.717) is 10.9 Å². The monoisotopic (exact) mass is 445 g/mol. The van der Waals surface area contributed by atoms with Crippen LogP contribution < -0.4 is 15.1 Å². The Hall–Kier alpha value is -2.18. The van der Waals surface area contributed by atoms with Crippen molar-refractivity contribution in [2.75, 3.05) is 24.8 Å². The third-order valence-electron chi connectivity index (χ3n) is 5.57. The second-order valence-electron chi connectivity index (χ2n) is 8.17. The van der Waals surface area contributed by atoms with Crippen LogP contribution in [-0.4, -0.2) is 37.6 Å².